The van der Waals surface area contributed by atoms with Crippen LogP contribution in [0.4, 0.5) is 0 Å². The van der Waals surface area contributed by atoms with E-state index in [1.807, 2.05) is 67.7 Å². The Balaban J connectivity index is 1.49. The fourth-order valence-corrected chi connectivity index (χ4v) is 3.73. The van der Waals surface area contributed by atoms with Gasteiger partial charge in [0.25, 0.3) is 0 Å². The van der Waals surface area contributed by atoms with Gasteiger partial charge in [0, 0.05) is 35.6 Å². The monoisotopic (exact) mass is 439 g/mol. The van der Waals surface area contributed by atoms with Crippen LogP contribution in [0, 0.1) is 6.92 Å². The zero-order valence-corrected chi connectivity index (χ0v) is 18.2. The molecule has 4 aromatic heterocycles. The van der Waals surface area contributed by atoms with E-state index in [0.717, 1.165) is 45.4 Å². The molecular weight excluding hydrogens is 421 g/mol. The third kappa shape index (κ3) is 4.28. The van der Waals surface area contributed by atoms with Crippen LogP contribution in [0.2, 0.25) is 5.02 Å². The minimum Gasteiger partial charge on any atom is -0.344 e. The molecule has 9 heteroatoms. The third-order valence-corrected chi connectivity index (χ3v) is 5.35. The van der Waals surface area contributed by atoms with Gasteiger partial charge in [-0.3, -0.25) is 4.98 Å². The fourth-order valence-electron chi connectivity index (χ4n) is 3.60. The highest BCUT2D eigenvalue weighted by atomic mass is 35.5. The predicted molar refractivity (Wildman–Crippen MR) is 125 cm³/mol. The zero-order valence-electron chi connectivity index (χ0n) is 17.4. The molecule has 2 radical (unpaired) electrons. The lowest BCUT2D eigenvalue weighted by Crippen LogP contribution is -2.19. The minimum absolute atomic E-state index is 0.438. The first-order chi connectivity index (χ1) is 15.5. The van der Waals surface area contributed by atoms with Crippen molar-refractivity contribution in [2.24, 2.45) is 0 Å². The quantitative estimate of drug-likeness (QED) is 0.401. The number of hydrogen-bond acceptors (Lipinski definition) is 5. The Labute approximate surface area is 191 Å². The van der Waals surface area contributed by atoms with Crippen LogP contribution in [0.25, 0.3) is 28.3 Å². The first-order valence-corrected chi connectivity index (χ1v) is 10.5. The summed E-state index contributed by atoms with van der Waals surface area (Å²) in [4.78, 5) is 18.9. The summed E-state index contributed by atoms with van der Waals surface area (Å²) < 4.78 is 1.73. The van der Waals surface area contributed by atoms with Gasteiger partial charge in [0.05, 0.1) is 17.1 Å². The normalized spacial score (nSPS) is 11.5. The third-order valence-electron chi connectivity index (χ3n) is 5.10. The lowest BCUT2D eigenvalue weighted by atomic mass is 10.1. The number of benzene rings is 1. The van der Waals surface area contributed by atoms with Crippen molar-refractivity contribution in [3.8, 4) is 22.6 Å². The maximum Gasteiger partial charge on any atom is 0.183 e. The number of halogens is 1. The van der Waals surface area contributed by atoms with E-state index in [0.29, 0.717) is 18.1 Å². The molecule has 7 nitrogen and oxygen atoms in total. The number of rotatable bonds is 6. The average molecular weight is 440 g/mol. The summed E-state index contributed by atoms with van der Waals surface area (Å²) in [6.45, 7) is 2.97. The molecule has 0 spiro atoms. The van der Waals surface area contributed by atoms with E-state index in [4.69, 9.17) is 24.6 Å². The Morgan fingerprint density at radius 2 is 1.88 bits per heavy atom. The molecule has 0 fully saturated rings. The maximum absolute atomic E-state index is 6.30. The molecule has 5 rings (SSSR count). The van der Waals surface area contributed by atoms with Crippen molar-refractivity contribution in [3.05, 3.63) is 89.2 Å². The molecule has 32 heavy (non-hydrogen) atoms. The van der Waals surface area contributed by atoms with E-state index in [2.05, 4.69) is 20.1 Å². The summed E-state index contributed by atoms with van der Waals surface area (Å²) in [5.41, 5.74) is 6.12. The van der Waals surface area contributed by atoms with Gasteiger partial charge in [-0.2, -0.15) is 5.10 Å². The molecule has 0 saturated heterocycles. The summed E-state index contributed by atoms with van der Waals surface area (Å²) in [5.74, 6) is 0.744. The Hall–Kier alpha value is -3.49. The van der Waals surface area contributed by atoms with Crippen molar-refractivity contribution in [1.82, 2.24) is 34.4 Å². The number of aromatic nitrogens is 6. The molecule has 0 atom stereocenters. The van der Waals surface area contributed by atoms with Gasteiger partial charge in [-0.1, -0.05) is 29.8 Å². The lowest BCUT2D eigenvalue weighted by Gasteiger charge is -2.15. The van der Waals surface area contributed by atoms with E-state index < -0.39 is 0 Å². The summed E-state index contributed by atoms with van der Waals surface area (Å²) in [5, 5.41) is 4.95. The second kappa shape index (κ2) is 8.57. The van der Waals surface area contributed by atoms with E-state index in [1.165, 1.54) is 6.33 Å². The number of hydrogen-bond donors (Lipinski definition) is 1. The molecular formula is C23H19BClN7. The number of pyridine rings is 2. The number of nitrogens with zero attached hydrogens (tertiary/aromatic N) is 6. The first-order valence-electron chi connectivity index (χ1n) is 10.1. The van der Waals surface area contributed by atoms with Crippen molar-refractivity contribution in [2.45, 2.75) is 20.0 Å². The van der Waals surface area contributed by atoms with E-state index >= 15 is 0 Å². The summed E-state index contributed by atoms with van der Waals surface area (Å²) in [6.07, 6.45) is 3.44. The van der Waals surface area contributed by atoms with Crippen LogP contribution in [0.1, 0.15) is 17.1 Å². The topological polar surface area (TPSA) is 75.0 Å². The van der Waals surface area contributed by atoms with Crippen LogP contribution in [-0.4, -0.2) is 42.3 Å². The average Bonchev–Trinajstić information content (AvgIpc) is 3.41. The fraction of sp³-hybridized carbons (Fsp3) is 0.130. The number of nitrogens with one attached hydrogen (secondary N) is 1. The number of aryl methyl sites for hydroxylation is 1. The largest absolute Gasteiger partial charge is 0.344 e. The molecule has 0 unspecified atom stereocenters. The predicted octanol–water partition coefficient (Wildman–Crippen LogP) is 4.23. The molecule has 0 aliphatic rings. The highest BCUT2D eigenvalue weighted by Gasteiger charge is 2.17. The number of aromatic amines is 1. The van der Waals surface area contributed by atoms with E-state index in [1.54, 1.807) is 9.33 Å². The summed E-state index contributed by atoms with van der Waals surface area (Å²) in [6, 6.07) is 17.5. The van der Waals surface area contributed by atoms with Gasteiger partial charge in [-0.15, -0.1) is 0 Å². The van der Waals surface area contributed by atoms with Crippen LogP contribution >= 0.6 is 11.6 Å². The molecule has 156 valence electrons. The molecule has 0 bridgehead atoms. The van der Waals surface area contributed by atoms with Gasteiger partial charge in [-0.05, 0) is 48.9 Å². The SMILES string of the molecule is [B]N(Cc1ccc(Cl)cc1)Cc1nc(-c2ccc3ncnn3c2)c(-c2cccc(C)n2)[nH]1. The standard InChI is InChI=1S/C23H19BClN7/c1-15-3-2-4-19(28-15)23-22(17-7-10-21-26-14-27-32(21)12-17)29-20(30-23)13-31(24)11-16-5-8-18(25)9-6-16/h2-10,12,14H,11,13H2,1H3,(H,29,30). The molecule has 0 saturated carbocycles. The van der Waals surface area contributed by atoms with Crippen molar-refractivity contribution in [3.63, 3.8) is 0 Å². The number of fused-ring (bicyclic) bond motifs is 1. The smallest absolute Gasteiger partial charge is 0.183 e. The molecule has 0 aliphatic carbocycles. The van der Waals surface area contributed by atoms with Crippen LogP contribution in [0.3, 0.4) is 0 Å². The van der Waals surface area contributed by atoms with Crippen molar-refractivity contribution < 1.29 is 0 Å². The Morgan fingerprint density at radius 1 is 1.03 bits per heavy atom. The molecule has 0 amide bonds. The number of imidazole rings is 1. The van der Waals surface area contributed by atoms with Gasteiger partial charge in [-0.25, -0.2) is 14.5 Å². The van der Waals surface area contributed by atoms with Crippen LogP contribution in [0.15, 0.2) is 67.1 Å². The second-order valence-corrected chi connectivity index (χ2v) is 8.02. The van der Waals surface area contributed by atoms with Gasteiger partial charge in [0.1, 0.15) is 12.2 Å². The van der Waals surface area contributed by atoms with Crippen molar-refractivity contribution >= 4 is 25.2 Å². The van der Waals surface area contributed by atoms with Crippen LogP contribution in [-0.2, 0) is 13.1 Å². The van der Waals surface area contributed by atoms with Gasteiger partial charge >= 0.3 is 0 Å². The van der Waals surface area contributed by atoms with Gasteiger partial charge in [0.2, 0.25) is 0 Å². The molecule has 1 aromatic carbocycles. The molecule has 4 heterocycles. The molecule has 1 N–H and O–H groups in total. The van der Waals surface area contributed by atoms with Gasteiger partial charge in [0.15, 0.2) is 13.6 Å². The van der Waals surface area contributed by atoms with E-state index in [-0.39, 0.29) is 0 Å². The maximum atomic E-state index is 6.30. The van der Waals surface area contributed by atoms with Crippen molar-refractivity contribution in [2.75, 3.05) is 0 Å². The Kier molecular flexibility index (Phi) is 5.47. The van der Waals surface area contributed by atoms with Gasteiger partial charge < -0.3 is 9.79 Å². The second-order valence-electron chi connectivity index (χ2n) is 7.58. The van der Waals surface area contributed by atoms with Crippen LogP contribution in [0.5, 0.6) is 0 Å². The molecule has 5 aromatic rings. The summed E-state index contributed by atoms with van der Waals surface area (Å²) in [7, 11) is 6.30. The van der Waals surface area contributed by atoms with Crippen molar-refractivity contribution in [1.29, 1.82) is 0 Å². The zero-order chi connectivity index (χ0) is 22.1. The number of H-pyrrole nitrogens is 1. The van der Waals surface area contributed by atoms with Crippen LogP contribution < -0.4 is 0 Å². The Bertz CT molecular complexity index is 1380. The first kappa shape index (κ1) is 20.4. The summed E-state index contributed by atoms with van der Waals surface area (Å²) >= 11 is 5.98. The molecule has 0 aliphatic heterocycles. The minimum atomic E-state index is 0.438. The highest BCUT2D eigenvalue weighted by Crippen LogP contribution is 2.29. The van der Waals surface area contributed by atoms with E-state index in [9.17, 15) is 0 Å². The highest BCUT2D eigenvalue weighted by molar-refractivity contribution is 6.30. The Morgan fingerprint density at radius 3 is 2.69 bits per heavy atom. The lowest BCUT2D eigenvalue weighted by molar-refractivity contribution is 0.432.